The molecule has 0 saturated carbocycles. The van der Waals surface area contributed by atoms with Crippen molar-refractivity contribution in [1.29, 1.82) is 0 Å². The van der Waals surface area contributed by atoms with Gasteiger partial charge in [0.1, 0.15) is 5.75 Å². The Labute approximate surface area is 139 Å². The minimum atomic E-state index is -1.97. The van der Waals surface area contributed by atoms with Crippen LogP contribution in [0.1, 0.15) is 0 Å². The Hall–Kier alpha value is -3.00. The number of benzene rings is 2. The Bertz CT molecular complexity index is 880. The van der Waals surface area contributed by atoms with Crippen molar-refractivity contribution in [2.75, 3.05) is 10.6 Å². The number of fused-ring (bicyclic) bond motifs is 1. The first-order valence-electron chi connectivity index (χ1n) is 6.92. The van der Waals surface area contributed by atoms with E-state index in [1.54, 1.807) is 18.2 Å². The van der Waals surface area contributed by atoms with Gasteiger partial charge in [0, 0.05) is 11.8 Å². The molecule has 2 unspecified atom stereocenters. The number of phenolic OH excluding ortho intramolecular Hbond substituents is 1. The predicted molar refractivity (Wildman–Crippen MR) is 87.0 cm³/mol. The average Bonchev–Trinajstić information content (AvgIpc) is 2.54. The van der Waals surface area contributed by atoms with Gasteiger partial charge in [0.2, 0.25) is 11.7 Å². The number of aromatic hydroxyl groups is 1. The Balaban J connectivity index is 1.83. The molecule has 0 bridgehead atoms. The molecule has 1 aliphatic rings. The number of para-hydroxylation sites is 1. The monoisotopic (exact) mass is 344 g/mol. The summed E-state index contributed by atoms with van der Waals surface area (Å²) in [5.74, 6) is -3.06. The predicted octanol–water partition coefficient (Wildman–Crippen LogP) is 1.03. The number of Topliss-reactive ketones (excluding diaryl/α,β-unsaturated/α-hetero) is 1. The second-order valence-corrected chi connectivity index (χ2v) is 6.54. The molecule has 7 nitrogen and oxygen atoms in total. The highest BCUT2D eigenvalue weighted by atomic mass is 32.2. The van der Waals surface area contributed by atoms with Crippen molar-refractivity contribution in [1.82, 2.24) is 0 Å². The zero-order valence-corrected chi connectivity index (χ0v) is 13.0. The first-order chi connectivity index (χ1) is 11.5. The van der Waals surface area contributed by atoms with Crippen LogP contribution in [0.15, 0.2) is 53.4 Å². The van der Waals surface area contributed by atoms with E-state index in [9.17, 15) is 23.7 Å². The van der Waals surface area contributed by atoms with Crippen molar-refractivity contribution in [3.63, 3.8) is 0 Å². The fraction of sp³-hybridized carbons (Fsp3) is 0.0625. The number of carbonyl (C=O) groups excluding carboxylic acids is 3. The third-order valence-corrected chi connectivity index (χ3v) is 5.03. The first kappa shape index (κ1) is 15.9. The van der Waals surface area contributed by atoms with Crippen molar-refractivity contribution in [3.8, 4) is 5.75 Å². The number of anilines is 2. The zero-order chi connectivity index (χ0) is 17.3. The van der Waals surface area contributed by atoms with E-state index in [1.165, 1.54) is 30.3 Å². The van der Waals surface area contributed by atoms with Crippen molar-refractivity contribution in [3.05, 3.63) is 48.5 Å². The van der Waals surface area contributed by atoms with Gasteiger partial charge in [-0.2, -0.15) is 0 Å². The van der Waals surface area contributed by atoms with Gasteiger partial charge < -0.3 is 15.7 Å². The van der Waals surface area contributed by atoms with Gasteiger partial charge in [-0.1, -0.05) is 18.2 Å². The molecule has 0 saturated heterocycles. The van der Waals surface area contributed by atoms with E-state index in [0.717, 1.165) is 0 Å². The van der Waals surface area contributed by atoms with Crippen LogP contribution in [0.25, 0.3) is 0 Å². The lowest BCUT2D eigenvalue weighted by Gasteiger charge is -2.22. The third-order valence-electron chi connectivity index (χ3n) is 3.38. The third kappa shape index (κ3) is 2.91. The van der Waals surface area contributed by atoms with Gasteiger partial charge in [0.25, 0.3) is 5.91 Å². The lowest BCUT2D eigenvalue weighted by atomic mass is 10.2. The summed E-state index contributed by atoms with van der Waals surface area (Å²) in [5, 5.41) is 12.5. The molecular weight excluding hydrogens is 332 g/mol. The highest BCUT2D eigenvalue weighted by Crippen LogP contribution is 2.27. The molecule has 24 heavy (non-hydrogen) atoms. The van der Waals surface area contributed by atoms with Crippen LogP contribution in [-0.2, 0) is 25.2 Å². The fourth-order valence-corrected chi connectivity index (χ4v) is 3.64. The molecule has 2 atom stereocenters. The molecule has 3 rings (SSSR count). The van der Waals surface area contributed by atoms with Crippen LogP contribution in [0, 0.1) is 0 Å². The van der Waals surface area contributed by atoms with Crippen molar-refractivity contribution < 1.29 is 23.7 Å². The van der Waals surface area contributed by atoms with Crippen LogP contribution >= 0.6 is 0 Å². The Morgan fingerprint density at radius 1 is 1.12 bits per heavy atom. The molecule has 0 spiro atoms. The molecule has 1 aliphatic heterocycles. The normalized spacial score (nSPS) is 19.1. The molecule has 8 heteroatoms. The van der Waals surface area contributed by atoms with E-state index in [4.69, 9.17) is 0 Å². The van der Waals surface area contributed by atoms with Crippen LogP contribution in [0.4, 0.5) is 11.4 Å². The zero-order valence-electron chi connectivity index (χ0n) is 12.2. The maximum Gasteiger partial charge on any atom is 0.293 e. The number of carbonyl (C=O) groups is 3. The first-order valence-corrected chi connectivity index (χ1v) is 8.13. The number of ketones is 1. The number of hydrogen-bond donors (Lipinski definition) is 3. The molecule has 0 aliphatic carbocycles. The standard InChI is InChI=1S/C16H12N2O5S/c19-10-5-3-4-9(8-10)17-15(21)13(20)14-16(22)18-11-6-1-2-7-12(11)24(14)23/h1-8,14,19H,(H,17,21)(H,18,22). The summed E-state index contributed by atoms with van der Waals surface area (Å²) in [6.45, 7) is 0. The van der Waals surface area contributed by atoms with Crippen LogP contribution in [0.2, 0.25) is 0 Å². The number of nitrogens with one attached hydrogen (secondary N) is 2. The van der Waals surface area contributed by atoms with E-state index < -0.39 is 33.6 Å². The molecule has 0 radical (unpaired) electrons. The number of rotatable bonds is 3. The SMILES string of the molecule is O=C(Nc1cccc(O)c1)C(=O)C1C(=O)Nc2ccccc2S1=O. The van der Waals surface area contributed by atoms with Crippen molar-refractivity contribution in [2.45, 2.75) is 10.1 Å². The van der Waals surface area contributed by atoms with Gasteiger partial charge in [-0.05, 0) is 24.3 Å². The summed E-state index contributed by atoms with van der Waals surface area (Å²) in [5.41, 5.74) is 0.550. The lowest BCUT2D eigenvalue weighted by Crippen LogP contribution is -2.46. The minimum Gasteiger partial charge on any atom is -0.508 e. The maximum absolute atomic E-state index is 12.5. The fourth-order valence-electron chi connectivity index (χ4n) is 2.28. The maximum atomic E-state index is 12.5. The Morgan fingerprint density at radius 2 is 1.88 bits per heavy atom. The average molecular weight is 344 g/mol. The molecule has 2 amide bonds. The molecule has 122 valence electrons. The Morgan fingerprint density at radius 3 is 2.62 bits per heavy atom. The van der Waals surface area contributed by atoms with Crippen LogP contribution < -0.4 is 10.6 Å². The van der Waals surface area contributed by atoms with E-state index >= 15 is 0 Å². The van der Waals surface area contributed by atoms with Gasteiger partial charge in [0.15, 0.2) is 5.25 Å². The highest BCUT2D eigenvalue weighted by Gasteiger charge is 2.41. The summed E-state index contributed by atoms with van der Waals surface area (Å²) in [6.07, 6.45) is 0. The van der Waals surface area contributed by atoms with Crippen LogP contribution in [0.3, 0.4) is 0 Å². The quantitative estimate of drug-likeness (QED) is 0.569. The van der Waals surface area contributed by atoms with Gasteiger partial charge in [-0.25, -0.2) is 0 Å². The summed E-state index contributed by atoms with van der Waals surface area (Å²) < 4.78 is 12.5. The second kappa shape index (κ2) is 6.25. The van der Waals surface area contributed by atoms with E-state index in [1.807, 2.05) is 0 Å². The van der Waals surface area contributed by atoms with Crippen molar-refractivity contribution in [2.24, 2.45) is 0 Å². The highest BCUT2D eigenvalue weighted by molar-refractivity contribution is 7.87. The molecule has 2 aromatic carbocycles. The lowest BCUT2D eigenvalue weighted by molar-refractivity contribution is -0.136. The number of phenols is 1. The molecule has 0 fully saturated rings. The molecule has 3 N–H and O–H groups in total. The summed E-state index contributed by atoms with van der Waals surface area (Å²) >= 11 is 0. The van der Waals surface area contributed by atoms with E-state index in [0.29, 0.717) is 10.6 Å². The molecule has 2 aromatic rings. The van der Waals surface area contributed by atoms with Gasteiger partial charge in [0.05, 0.1) is 21.4 Å². The molecule has 1 heterocycles. The molecular formula is C16H12N2O5S. The van der Waals surface area contributed by atoms with E-state index in [-0.39, 0.29) is 11.4 Å². The largest absolute Gasteiger partial charge is 0.508 e. The molecule has 0 aromatic heterocycles. The Kier molecular flexibility index (Phi) is 4.13. The minimum absolute atomic E-state index is 0.0897. The van der Waals surface area contributed by atoms with E-state index in [2.05, 4.69) is 10.6 Å². The number of hydrogen-bond acceptors (Lipinski definition) is 5. The second-order valence-electron chi connectivity index (χ2n) is 5.03. The number of amides is 2. The van der Waals surface area contributed by atoms with Crippen LogP contribution in [0.5, 0.6) is 5.75 Å². The van der Waals surface area contributed by atoms with Crippen LogP contribution in [-0.4, -0.2) is 32.2 Å². The summed E-state index contributed by atoms with van der Waals surface area (Å²) in [6, 6.07) is 12.0. The smallest absolute Gasteiger partial charge is 0.293 e. The van der Waals surface area contributed by atoms with Crippen molar-refractivity contribution >= 4 is 39.8 Å². The summed E-state index contributed by atoms with van der Waals surface area (Å²) in [7, 11) is -1.97. The summed E-state index contributed by atoms with van der Waals surface area (Å²) in [4.78, 5) is 36.7. The topological polar surface area (TPSA) is 113 Å². The van der Waals surface area contributed by atoms with Gasteiger partial charge >= 0.3 is 0 Å². The van der Waals surface area contributed by atoms with Gasteiger partial charge in [-0.3, -0.25) is 18.6 Å². The van der Waals surface area contributed by atoms with Gasteiger partial charge in [-0.15, -0.1) is 0 Å².